The Morgan fingerprint density at radius 3 is 2.42 bits per heavy atom. The Kier molecular flexibility index (Phi) is 5.36. The molecule has 0 fully saturated rings. The monoisotopic (exact) mass is 398 g/mol. The second-order valence-electron chi connectivity index (χ2n) is 5.26. The zero-order chi connectivity index (χ0) is 18.8. The maximum absolute atomic E-state index is 13.2. The van der Waals surface area contributed by atoms with Crippen LogP contribution in [0.25, 0.3) is 16.9 Å². The summed E-state index contributed by atoms with van der Waals surface area (Å²) in [4.78, 5) is 0.210. The van der Waals surface area contributed by atoms with Gasteiger partial charge in [0.05, 0.1) is 28.4 Å². The number of hydrogen-bond donors (Lipinski definition) is 1. The van der Waals surface area contributed by atoms with Gasteiger partial charge in [0.25, 0.3) is 6.43 Å². The first-order valence-corrected chi connectivity index (χ1v) is 8.82. The van der Waals surface area contributed by atoms with Gasteiger partial charge in [-0.05, 0) is 36.4 Å². The van der Waals surface area contributed by atoms with E-state index < -0.39 is 17.5 Å². The SMILES string of the molecule is COc1ccc(-n2nc(C(F)F)cc2-c2ccc(S(=O)O)cc2)cc1Cl. The second kappa shape index (κ2) is 7.53. The molecular formula is C17H13ClF2N2O3S. The first-order chi connectivity index (χ1) is 12.4. The molecular weight excluding hydrogens is 386 g/mol. The minimum absolute atomic E-state index is 0.210. The van der Waals surface area contributed by atoms with Crippen molar-refractivity contribution in [1.29, 1.82) is 0 Å². The van der Waals surface area contributed by atoms with Gasteiger partial charge in [0.1, 0.15) is 11.4 Å². The van der Waals surface area contributed by atoms with Crippen molar-refractivity contribution >= 4 is 22.7 Å². The third-order valence-electron chi connectivity index (χ3n) is 3.68. The third kappa shape index (κ3) is 3.62. The topological polar surface area (TPSA) is 64.4 Å². The minimum Gasteiger partial charge on any atom is -0.495 e. The number of ether oxygens (including phenoxy) is 1. The van der Waals surface area contributed by atoms with Crippen LogP contribution in [0.5, 0.6) is 5.75 Å². The van der Waals surface area contributed by atoms with E-state index in [0.29, 0.717) is 27.7 Å². The quantitative estimate of drug-likeness (QED) is 0.631. The van der Waals surface area contributed by atoms with Crippen LogP contribution >= 0.6 is 11.6 Å². The van der Waals surface area contributed by atoms with E-state index in [9.17, 15) is 13.0 Å². The van der Waals surface area contributed by atoms with E-state index in [2.05, 4.69) is 5.10 Å². The summed E-state index contributed by atoms with van der Waals surface area (Å²) in [6.07, 6.45) is -2.74. The lowest BCUT2D eigenvalue weighted by Gasteiger charge is -2.10. The molecule has 1 aromatic heterocycles. The van der Waals surface area contributed by atoms with Crippen molar-refractivity contribution in [3.63, 3.8) is 0 Å². The molecule has 1 unspecified atom stereocenters. The van der Waals surface area contributed by atoms with Gasteiger partial charge < -0.3 is 9.29 Å². The summed E-state index contributed by atoms with van der Waals surface area (Å²) in [7, 11) is 1.47. The maximum Gasteiger partial charge on any atom is 0.282 e. The van der Waals surface area contributed by atoms with Crippen LogP contribution < -0.4 is 4.74 Å². The Morgan fingerprint density at radius 2 is 1.88 bits per heavy atom. The first-order valence-electron chi connectivity index (χ1n) is 7.34. The van der Waals surface area contributed by atoms with Crippen molar-refractivity contribution in [2.75, 3.05) is 7.11 Å². The fourth-order valence-corrected chi connectivity index (χ4v) is 3.06. The molecule has 0 saturated carbocycles. The molecule has 136 valence electrons. The number of aromatic nitrogens is 2. The number of hydrogen-bond acceptors (Lipinski definition) is 3. The predicted octanol–water partition coefficient (Wildman–Crippen LogP) is 4.72. The molecule has 0 amide bonds. The molecule has 0 aliphatic rings. The number of nitrogens with zero attached hydrogens (tertiary/aromatic N) is 2. The van der Waals surface area contributed by atoms with Gasteiger partial charge in [-0.1, -0.05) is 23.7 Å². The van der Waals surface area contributed by atoms with Gasteiger partial charge in [0.2, 0.25) is 0 Å². The van der Waals surface area contributed by atoms with Crippen molar-refractivity contribution in [2.24, 2.45) is 0 Å². The van der Waals surface area contributed by atoms with Crippen LogP contribution in [0.4, 0.5) is 8.78 Å². The molecule has 9 heteroatoms. The highest BCUT2D eigenvalue weighted by molar-refractivity contribution is 7.79. The Balaban J connectivity index is 2.13. The van der Waals surface area contributed by atoms with Crippen molar-refractivity contribution < 1.29 is 22.3 Å². The average Bonchev–Trinajstić information content (AvgIpc) is 3.07. The van der Waals surface area contributed by atoms with E-state index in [1.165, 1.54) is 30.0 Å². The van der Waals surface area contributed by atoms with E-state index in [1.807, 2.05) is 0 Å². The summed E-state index contributed by atoms with van der Waals surface area (Å²) in [6, 6.07) is 12.1. The summed E-state index contributed by atoms with van der Waals surface area (Å²) in [6.45, 7) is 0. The molecule has 0 radical (unpaired) electrons. The highest BCUT2D eigenvalue weighted by Gasteiger charge is 2.18. The van der Waals surface area contributed by atoms with Crippen molar-refractivity contribution in [2.45, 2.75) is 11.3 Å². The molecule has 3 aromatic rings. The standard InChI is InChI=1S/C17H13ClF2N2O3S/c1-25-16-7-4-11(8-13(16)18)22-15(9-14(21-22)17(19)20)10-2-5-12(6-3-10)26(23)24/h2-9,17H,1H3,(H,23,24). The van der Waals surface area contributed by atoms with Crippen LogP contribution in [0, 0.1) is 0 Å². The maximum atomic E-state index is 13.2. The van der Waals surface area contributed by atoms with Crippen molar-refractivity contribution in [3.8, 4) is 22.7 Å². The van der Waals surface area contributed by atoms with Gasteiger partial charge in [-0.15, -0.1) is 0 Å². The molecule has 0 aliphatic heterocycles. The fourth-order valence-electron chi connectivity index (χ4n) is 2.44. The van der Waals surface area contributed by atoms with Crippen LogP contribution in [0.3, 0.4) is 0 Å². The molecule has 0 bridgehead atoms. The predicted molar refractivity (Wildman–Crippen MR) is 94.6 cm³/mol. The summed E-state index contributed by atoms with van der Waals surface area (Å²) < 4.78 is 53.0. The Labute approximate surface area is 155 Å². The molecule has 0 saturated heterocycles. The Hall–Kier alpha value is -2.29. The van der Waals surface area contributed by atoms with Crippen molar-refractivity contribution in [1.82, 2.24) is 9.78 Å². The molecule has 1 N–H and O–H groups in total. The number of benzene rings is 2. The van der Waals surface area contributed by atoms with Gasteiger partial charge in [-0.25, -0.2) is 17.7 Å². The Bertz CT molecular complexity index is 961. The second-order valence-corrected chi connectivity index (χ2v) is 6.64. The van der Waals surface area contributed by atoms with E-state index in [0.717, 1.165) is 0 Å². The zero-order valence-electron chi connectivity index (χ0n) is 13.4. The molecule has 0 aliphatic carbocycles. The van der Waals surface area contributed by atoms with Crippen LogP contribution in [0.15, 0.2) is 53.4 Å². The normalized spacial score (nSPS) is 12.4. The molecule has 26 heavy (non-hydrogen) atoms. The van der Waals surface area contributed by atoms with Crippen molar-refractivity contribution in [3.05, 3.63) is 59.2 Å². The molecule has 1 atom stereocenters. The van der Waals surface area contributed by atoms with Crippen LogP contribution in [-0.2, 0) is 11.1 Å². The minimum atomic E-state index is -2.74. The van der Waals surface area contributed by atoms with Gasteiger partial charge >= 0.3 is 0 Å². The fraction of sp³-hybridized carbons (Fsp3) is 0.118. The largest absolute Gasteiger partial charge is 0.495 e. The first kappa shape index (κ1) is 18.5. The third-order valence-corrected chi connectivity index (χ3v) is 4.65. The average molecular weight is 399 g/mol. The summed E-state index contributed by atoms with van der Waals surface area (Å²) in [5, 5.41) is 4.28. The number of rotatable bonds is 5. The van der Waals surface area contributed by atoms with E-state index >= 15 is 0 Å². The van der Waals surface area contributed by atoms with Crippen LogP contribution in [0.2, 0.25) is 5.02 Å². The Morgan fingerprint density at radius 1 is 1.19 bits per heavy atom. The van der Waals surface area contributed by atoms with Gasteiger partial charge in [0, 0.05) is 5.56 Å². The summed E-state index contributed by atoms with van der Waals surface area (Å²) >= 11 is 4.01. The number of methoxy groups -OCH3 is 1. The lowest BCUT2D eigenvalue weighted by Crippen LogP contribution is -2.00. The van der Waals surface area contributed by atoms with Crippen LogP contribution in [0.1, 0.15) is 12.1 Å². The lowest BCUT2D eigenvalue weighted by atomic mass is 10.1. The highest BCUT2D eigenvalue weighted by atomic mass is 35.5. The molecule has 5 nitrogen and oxygen atoms in total. The summed E-state index contributed by atoms with van der Waals surface area (Å²) in [5.41, 5.74) is 1.05. The van der Waals surface area contributed by atoms with E-state index in [4.69, 9.17) is 20.9 Å². The van der Waals surface area contributed by atoms with Gasteiger partial charge in [0.15, 0.2) is 11.1 Å². The summed E-state index contributed by atoms with van der Waals surface area (Å²) in [5.74, 6) is 0.452. The smallest absolute Gasteiger partial charge is 0.282 e. The lowest BCUT2D eigenvalue weighted by molar-refractivity contribution is 0.145. The highest BCUT2D eigenvalue weighted by Crippen LogP contribution is 2.32. The van der Waals surface area contributed by atoms with Crippen LogP contribution in [-0.4, -0.2) is 25.7 Å². The zero-order valence-corrected chi connectivity index (χ0v) is 15.0. The van der Waals surface area contributed by atoms with E-state index in [-0.39, 0.29) is 10.6 Å². The number of halogens is 3. The van der Waals surface area contributed by atoms with Gasteiger partial charge in [-0.2, -0.15) is 5.10 Å². The van der Waals surface area contributed by atoms with Gasteiger partial charge in [-0.3, -0.25) is 0 Å². The molecule has 0 spiro atoms. The van der Waals surface area contributed by atoms with E-state index in [1.54, 1.807) is 30.3 Å². The molecule has 1 heterocycles. The molecule has 2 aromatic carbocycles. The number of alkyl halides is 2. The molecule has 3 rings (SSSR count).